The molecule has 1 aromatic rings. The van der Waals surface area contributed by atoms with Crippen LogP contribution in [0.1, 0.15) is 50.0 Å². The third kappa shape index (κ3) is 1.90. The average molecular weight is 316 g/mol. The van der Waals surface area contributed by atoms with E-state index in [9.17, 15) is 9.59 Å². The topological polar surface area (TPSA) is 58.4 Å². The number of fused-ring (bicyclic) bond motifs is 1. The number of hydrogen-bond acceptors (Lipinski definition) is 3. The van der Waals surface area contributed by atoms with Gasteiger partial charge in [0.05, 0.1) is 6.04 Å². The largest absolute Gasteiger partial charge is 0.335 e. The average Bonchev–Trinajstić information content (AvgIpc) is 3.04. The number of nitrogens with zero attached hydrogens (tertiary/aromatic N) is 4. The zero-order valence-electron chi connectivity index (χ0n) is 14.0. The highest BCUT2D eigenvalue weighted by molar-refractivity contribution is 5.93. The second-order valence-corrected chi connectivity index (χ2v) is 7.55. The summed E-state index contributed by atoms with van der Waals surface area (Å²) in [7, 11) is 1.80. The Morgan fingerprint density at radius 2 is 2.04 bits per heavy atom. The molecular formula is C17H24N4O2. The third-order valence-corrected chi connectivity index (χ3v) is 6.33. The Bertz CT molecular complexity index is 669. The molecule has 0 radical (unpaired) electrons. The summed E-state index contributed by atoms with van der Waals surface area (Å²) in [5, 5.41) is 4.13. The van der Waals surface area contributed by atoms with E-state index in [0.717, 1.165) is 25.7 Å². The number of rotatable bonds is 1. The normalized spacial score (nSPS) is 35.5. The molecule has 4 rings (SSSR count). The SMILES string of the molecule is CC(=O)N1[C@@H]2CN(C(=O)c3ccnn3C)[C@@H]3CCC[C@H]1[C@]3(C)C2. The predicted octanol–water partition coefficient (Wildman–Crippen LogP) is 1.42. The molecule has 0 unspecified atom stereocenters. The first-order chi connectivity index (χ1) is 10.9. The number of piperidine rings is 1. The van der Waals surface area contributed by atoms with E-state index < -0.39 is 0 Å². The molecule has 3 aliphatic rings. The van der Waals surface area contributed by atoms with Gasteiger partial charge in [0.25, 0.3) is 5.91 Å². The summed E-state index contributed by atoms with van der Waals surface area (Å²) < 4.78 is 1.64. The van der Waals surface area contributed by atoms with Crippen LogP contribution in [0, 0.1) is 5.41 Å². The van der Waals surface area contributed by atoms with Gasteiger partial charge >= 0.3 is 0 Å². The fraction of sp³-hybridized carbons (Fsp3) is 0.706. The Balaban J connectivity index is 1.73. The lowest BCUT2D eigenvalue weighted by Crippen LogP contribution is -2.57. The highest BCUT2D eigenvalue weighted by Gasteiger charge is 2.61. The van der Waals surface area contributed by atoms with Gasteiger partial charge in [-0.15, -0.1) is 0 Å². The number of likely N-dealkylation sites (tertiary alicyclic amines) is 2. The monoisotopic (exact) mass is 316 g/mol. The summed E-state index contributed by atoms with van der Waals surface area (Å²) in [5.41, 5.74) is 0.660. The molecule has 3 fully saturated rings. The summed E-state index contributed by atoms with van der Waals surface area (Å²) in [5.74, 6) is 0.205. The van der Waals surface area contributed by atoms with Gasteiger partial charge in [-0.1, -0.05) is 6.92 Å². The Labute approximate surface area is 136 Å². The van der Waals surface area contributed by atoms with Gasteiger partial charge in [0.15, 0.2) is 0 Å². The van der Waals surface area contributed by atoms with Crippen molar-refractivity contribution in [3.63, 3.8) is 0 Å². The van der Waals surface area contributed by atoms with Crippen LogP contribution in [-0.2, 0) is 11.8 Å². The predicted molar refractivity (Wildman–Crippen MR) is 84.7 cm³/mol. The summed E-state index contributed by atoms with van der Waals surface area (Å²) in [6.45, 7) is 4.60. The number of aryl methyl sites for hydroxylation is 1. The minimum Gasteiger partial charge on any atom is -0.335 e. The Morgan fingerprint density at radius 1 is 1.30 bits per heavy atom. The first-order valence-electron chi connectivity index (χ1n) is 8.51. The van der Waals surface area contributed by atoms with Crippen LogP contribution in [0.5, 0.6) is 0 Å². The van der Waals surface area contributed by atoms with Gasteiger partial charge in [-0.3, -0.25) is 14.3 Å². The van der Waals surface area contributed by atoms with Crippen LogP contribution in [-0.4, -0.2) is 56.1 Å². The van der Waals surface area contributed by atoms with Gasteiger partial charge in [0.1, 0.15) is 5.69 Å². The van der Waals surface area contributed by atoms with E-state index in [-0.39, 0.29) is 35.4 Å². The van der Waals surface area contributed by atoms with Crippen molar-refractivity contribution in [2.45, 2.75) is 57.7 Å². The zero-order chi connectivity index (χ0) is 16.4. The molecule has 4 atom stereocenters. The molecule has 2 aliphatic heterocycles. The van der Waals surface area contributed by atoms with Crippen molar-refractivity contribution in [1.29, 1.82) is 0 Å². The number of carbonyl (C=O) groups is 2. The number of aromatic nitrogens is 2. The molecule has 2 bridgehead atoms. The maximum atomic E-state index is 13.1. The van der Waals surface area contributed by atoms with Crippen molar-refractivity contribution in [3.8, 4) is 0 Å². The summed E-state index contributed by atoms with van der Waals surface area (Å²) in [4.78, 5) is 29.4. The molecule has 6 nitrogen and oxygen atoms in total. The molecule has 1 saturated carbocycles. The van der Waals surface area contributed by atoms with E-state index >= 15 is 0 Å². The van der Waals surface area contributed by atoms with E-state index in [0.29, 0.717) is 12.2 Å². The molecule has 1 aromatic heterocycles. The van der Waals surface area contributed by atoms with E-state index in [1.54, 1.807) is 30.9 Å². The quantitative estimate of drug-likeness (QED) is 0.787. The van der Waals surface area contributed by atoms with Crippen LogP contribution in [0.25, 0.3) is 0 Å². The van der Waals surface area contributed by atoms with Gasteiger partial charge in [-0.05, 0) is 31.7 Å². The molecule has 3 heterocycles. The van der Waals surface area contributed by atoms with Gasteiger partial charge < -0.3 is 9.80 Å². The molecule has 1 aliphatic carbocycles. The van der Waals surface area contributed by atoms with Crippen LogP contribution in [0.4, 0.5) is 0 Å². The second-order valence-electron chi connectivity index (χ2n) is 7.55. The number of hydrogen-bond donors (Lipinski definition) is 0. The molecule has 0 spiro atoms. The van der Waals surface area contributed by atoms with Crippen LogP contribution in [0.15, 0.2) is 12.3 Å². The smallest absolute Gasteiger partial charge is 0.272 e. The number of carbonyl (C=O) groups excluding carboxylic acids is 2. The van der Waals surface area contributed by atoms with Crippen molar-refractivity contribution in [2.75, 3.05) is 6.54 Å². The van der Waals surface area contributed by atoms with Gasteiger partial charge in [-0.25, -0.2) is 0 Å². The molecule has 124 valence electrons. The molecule has 2 saturated heterocycles. The fourth-order valence-corrected chi connectivity index (χ4v) is 5.43. The van der Waals surface area contributed by atoms with Crippen molar-refractivity contribution in [3.05, 3.63) is 18.0 Å². The zero-order valence-corrected chi connectivity index (χ0v) is 14.0. The Hall–Kier alpha value is -1.85. The lowest BCUT2D eigenvalue weighted by atomic mass is 9.65. The van der Waals surface area contributed by atoms with Gasteiger partial charge in [-0.2, -0.15) is 5.10 Å². The van der Waals surface area contributed by atoms with Gasteiger partial charge in [0.2, 0.25) is 5.91 Å². The third-order valence-electron chi connectivity index (χ3n) is 6.33. The lowest BCUT2D eigenvalue weighted by molar-refractivity contribution is -0.132. The highest BCUT2D eigenvalue weighted by atomic mass is 16.2. The maximum absolute atomic E-state index is 13.1. The van der Waals surface area contributed by atoms with Crippen molar-refractivity contribution < 1.29 is 9.59 Å². The fourth-order valence-electron chi connectivity index (χ4n) is 5.43. The minimum atomic E-state index is 0.0289. The highest BCUT2D eigenvalue weighted by Crippen LogP contribution is 2.54. The lowest BCUT2D eigenvalue weighted by Gasteiger charge is -2.49. The van der Waals surface area contributed by atoms with E-state index in [1.807, 2.05) is 4.90 Å². The molecule has 0 aromatic carbocycles. The molecule has 6 heteroatoms. The van der Waals surface area contributed by atoms with E-state index in [2.05, 4.69) is 16.9 Å². The van der Waals surface area contributed by atoms with Crippen LogP contribution < -0.4 is 0 Å². The minimum absolute atomic E-state index is 0.0289. The Morgan fingerprint density at radius 3 is 2.70 bits per heavy atom. The molecule has 23 heavy (non-hydrogen) atoms. The van der Waals surface area contributed by atoms with E-state index in [4.69, 9.17) is 0 Å². The van der Waals surface area contributed by atoms with Crippen molar-refractivity contribution in [1.82, 2.24) is 19.6 Å². The summed E-state index contributed by atoms with van der Waals surface area (Å²) in [6.07, 6.45) is 5.87. The Kier molecular flexibility index (Phi) is 3.09. The maximum Gasteiger partial charge on any atom is 0.272 e. The first-order valence-corrected chi connectivity index (χ1v) is 8.51. The van der Waals surface area contributed by atoms with Crippen LogP contribution in [0.3, 0.4) is 0 Å². The van der Waals surface area contributed by atoms with Crippen LogP contribution in [0.2, 0.25) is 0 Å². The van der Waals surface area contributed by atoms with E-state index in [1.165, 1.54) is 0 Å². The van der Waals surface area contributed by atoms with Crippen molar-refractivity contribution >= 4 is 11.8 Å². The first kappa shape index (κ1) is 14.7. The van der Waals surface area contributed by atoms with Crippen molar-refractivity contribution in [2.24, 2.45) is 12.5 Å². The molecule has 0 N–H and O–H groups in total. The second kappa shape index (κ2) is 4.82. The molecule has 2 amide bonds. The van der Waals surface area contributed by atoms with Gasteiger partial charge in [0, 0.05) is 44.2 Å². The standard InChI is InChI=1S/C17H24N4O2/c1-11(22)21-12-9-17(2)14(5-4-6-15(17)21)20(10-12)16(23)13-7-8-18-19(13)3/h7-8,12,14-15H,4-6,9-10H2,1-3H3/t12-,14+,15-,17+/m0/s1. The summed E-state index contributed by atoms with van der Waals surface area (Å²) in [6, 6.07) is 2.45. The van der Waals surface area contributed by atoms with Crippen LogP contribution >= 0.6 is 0 Å². The number of amides is 2. The summed E-state index contributed by atoms with van der Waals surface area (Å²) >= 11 is 0. The molecular weight excluding hydrogens is 292 g/mol.